The minimum Gasteiger partial charge on any atom is -0.466 e. The SMILES string of the molecule is CCCCC(CCCC)CCOC(=O)CCCCCCCCCC1(CCCCCCCCCC(=O)OCCC(CCCC)CCCC)OCC(CCN2CCN(C)CC2)O1. The van der Waals surface area contributed by atoms with Crippen molar-refractivity contribution in [3.63, 3.8) is 0 Å². The number of unbranched alkanes of at least 4 members (excludes halogenated alkanes) is 16. The number of piperazine rings is 1. The molecule has 1 atom stereocenters. The van der Waals surface area contributed by atoms with Crippen molar-refractivity contribution in [3.05, 3.63) is 0 Å². The number of esters is 2. The van der Waals surface area contributed by atoms with Gasteiger partial charge < -0.3 is 28.7 Å². The molecular formula is C52H100N2O6. The quantitative estimate of drug-likeness (QED) is 0.0445. The molecule has 0 spiro atoms. The lowest BCUT2D eigenvalue weighted by Gasteiger charge is -2.33. The van der Waals surface area contributed by atoms with Crippen molar-refractivity contribution in [2.45, 2.75) is 251 Å². The largest absolute Gasteiger partial charge is 0.466 e. The summed E-state index contributed by atoms with van der Waals surface area (Å²) in [5.41, 5.74) is 0. The summed E-state index contributed by atoms with van der Waals surface area (Å²) in [5.74, 6) is 1.01. The molecule has 0 bridgehead atoms. The third-order valence-corrected chi connectivity index (χ3v) is 13.6. The van der Waals surface area contributed by atoms with Crippen molar-refractivity contribution >= 4 is 11.9 Å². The van der Waals surface area contributed by atoms with Crippen LogP contribution in [0.2, 0.25) is 0 Å². The van der Waals surface area contributed by atoms with E-state index in [4.69, 9.17) is 18.9 Å². The van der Waals surface area contributed by atoms with E-state index in [1.807, 2.05) is 0 Å². The van der Waals surface area contributed by atoms with E-state index < -0.39 is 5.79 Å². The fourth-order valence-electron chi connectivity index (χ4n) is 9.30. The molecule has 0 saturated carbocycles. The number of ether oxygens (including phenoxy) is 4. The van der Waals surface area contributed by atoms with E-state index in [9.17, 15) is 9.59 Å². The summed E-state index contributed by atoms with van der Waals surface area (Å²) in [6, 6.07) is 0. The number of carbonyl (C=O) groups excluding carboxylic acids is 2. The van der Waals surface area contributed by atoms with Gasteiger partial charge in [-0.3, -0.25) is 9.59 Å². The molecular weight excluding hydrogens is 749 g/mol. The fraction of sp³-hybridized carbons (Fsp3) is 0.962. The van der Waals surface area contributed by atoms with Gasteiger partial charge in [0.1, 0.15) is 0 Å². The number of rotatable bonds is 41. The van der Waals surface area contributed by atoms with Gasteiger partial charge in [0, 0.05) is 58.4 Å². The van der Waals surface area contributed by atoms with Crippen LogP contribution >= 0.6 is 0 Å². The minimum atomic E-state index is -0.411. The Morgan fingerprint density at radius 3 is 1.37 bits per heavy atom. The third-order valence-electron chi connectivity index (χ3n) is 13.6. The summed E-state index contributed by atoms with van der Waals surface area (Å²) in [4.78, 5) is 29.7. The van der Waals surface area contributed by atoms with Gasteiger partial charge in [0.15, 0.2) is 5.79 Å². The van der Waals surface area contributed by atoms with Crippen LogP contribution < -0.4 is 0 Å². The predicted molar refractivity (Wildman–Crippen MR) is 251 cm³/mol. The molecule has 2 heterocycles. The van der Waals surface area contributed by atoms with Crippen LogP contribution in [-0.2, 0) is 28.5 Å². The normalized spacial score (nSPS) is 17.3. The van der Waals surface area contributed by atoms with Crippen LogP contribution in [0.4, 0.5) is 0 Å². The van der Waals surface area contributed by atoms with Crippen molar-refractivity contribution < 1.29 is 28.5 Å². The average molecular weight is 849 g/mol. The van der Waals surface area contributed by atoms with Crippen molar-refractivity contribution in [1.82, 2.24) is 9.80 Å². The second kappa shape index (κ2) is 37.2. The molecule has 2 fully saturated rings. The molecule has 0 N–H and O–H groups in total. The van der Waals surface area contributed by atoms with Gasteiger partial charge >= 0.3 is 11.9 Å². The van der Waals surface area contributed by atoms with Crippen molar-refractivity contribution in [3.8, 4) is 0 Å². The Balaban J connectivity index is 1.60. The molecule has 1 unspecified atom stereocenters. The van der Waals surface area contributed by atoms with E-state index >= 15 is 0 Å². The molecule has 2 saturated heterocycles. The Bertz CT molecular complexity index is 931. The van der Waals surface area contributed by atoms with E-state index in [-0.39, 0.29) is 18.0 Å². The highest BCUT2D eigenvalue weighted by Gasteiger charge is 2.40. The first-order valence-electron chi connectivity index (χ1n) is 26.4. The number of likely N-dealkylation sites (N-methyl/N-ethyl adjacent to an activating group) is 1. The van der Waals surface area contributed by atoms with Crippen LogP contribution in [0.25, 0.3) is 0 Å². The fourth-order valence-corrected chi connectivity index (χ4v) is 9.30. The summed E-state index contributed by atoms with van der Waals surface area (Å²) in [5, 5.41) is 0. The van der Waals surface area contributed by atoms with Crippen molar-refractivity contribution in [2.75, 3.05) is 59.6 Å². The van der Waals surface area contributed by atoms with Gasteiger partial charge in [-0.05, 0) is 63.8 Å². The van der Waals surface area contributed by atoms with Gasteiger partial charge in [-0.2, -0.15) is 0 Å². The molecule has 0 aromatic rings. The highest BCUT2D eigenvalue weighted by molar-refractivity contribution is 5.69. The zero-order chi connectivity index (χ0) is 43.4. The van der Waals surface area contributed by atoms with Gasteiger partial charge in [-0.15, -0.1) is 0 Å². The molecule has 2 rings (SSSR count). The van der Waals surface area contributed by atoms with E-state index in [0.717, 1.165) is 110 Å². The third kappa shape index (κ3) is 28.5. The minimum absolute atomic E-state index is 0.00314. The highest BCUT2D eigenvalue weighted by Crippen LogP contribution is 2.36. The molecule has 60 heavy (non-hydrogen) atoms. The molecule has 354 valence electrons. The molecule has 0 radical (unpaired) electrons. The summed E-state index contributed by atoms with van der Waals surface area (Å²) < 4.78 is 24.7. The molecule has 2 aliphatic heterocycles. The Hall–Kier alpha value is -1.22. The second-order valence-electron chi connectivity index (χ2n) is 19.2. The summed E-state index contributed by atoms with van der Waals surface area (Å²) in [6.45, 7) is 16.7. The predicted octanol–water partition coefficient (Wildman–Crippen LogP) is 13.6. The Morgan fingerprint density at radius 1 is 0.550 bits per heavy atom. The van der Waals surface area contributed by atoms with E-state index in [0.29, 0.717) is 37.9 Å². The van der Waals surface area contributed by atoms with Crippen LogP contribution in [0.5, 0.6) is 0 Å². The number of nitrogens with zero attached hydrogens (tertiary/aromatic N) is 2. The molecule has 2 aliphatic rings. The van der Waals surface area contributed by atoms with Crippen LogP contribution in [-0.4, -0.2) is 93.2 Å². The zero-order valence-corrected chi connectivity index (χ0v) is 40.6. The number of hydrogen-bond donors (Lipinski definition) is 0. The number of carbonyl (C=O) groups is 2. The smallest absolute Gasteiger partial charge is 0.305 e. The lowest BCUT2D eigenvalue weighted by Crippen LogP contribution is -2.45. The maximum absolute atomic E-state index is 12.3. The summed E-state index contributed by atoms with van der Waals surface area (Å²) in [7, 11) is 2.22. The van der Waals surface area contributed by atoms with Crippen molar-refractivity contribution in [1.29, 1.82) is 0 Å². The second-order valence-corrected chi connectivity index (χ2v) is 19.2. The summed E-state index contributed by atoms with van der Waals surface area (Å²) >= 11 is 0. The van der Waals surface area contributed by atoms with E-state index in [1.54, 1.807) is 0 Å². The topological polar surface area (TPSA) is 77.5 Å². The van der Waals surface area contributed by atoms with Gasteiger partial charge in [0.25, 0.3) is 0 Å². The molecule has 8 nitrogen and oxygen atoms in total. The van der Waals surface area contributed by atoms with Crippen LogP contribution in [0.1, 0.15) is 240 Å². The molecule has 0 aromatic heterocycles. The first kappa shape index (κ1) is 54.9. The van der Waals surface area contributed by atoms with Crippen LogP contribution in [0.3, 0.4) is 0 Å². The first-order chi connectivity index (χ1) is 29.3. The lowest BCUT2D eigenvalue weighted by molar-refractivity contribution is -0.180. The Kier molecular flexibility index (Phi) is 34.0. The maximum Gasteiger partial charge on any atom is 0.305 e. The molecule has 0 aromatic carbocycles. The first-order valence-corrected chi connectivity index (χ1v) is 26.4. The standard InChI is InChI=1S/C52H100N2O6/c1-6-10-28-47(29-11-7-2)35-44-57-50(55)32-24-20-16-14-18-22-26-37-52(59-46-49(60-52)34-39-54-42-40-53(5)41-43-54)38-27-23-19-15-17-21-25-33-51(56)58-45-36-48(30-12-8-3)31-13-9-4/h47-49H,6-46H2,1-5H3. The Labute approximate surface area is 372 Å². The summed E-state index contributed by atoms with van der Waals surface area (Å²) in [6.07, 6.45) is 37.8. The van der Waals surface area contributed by atoms with Gasteiger partial charge in [-0.1, -0.05) is 169 Å². The van der Waals surface area contributed by atoms with E-state index in [1.165, 1.54) is 128 Å². The molecule has 0 amide bonds. The monoisotopic (exact) mass is 849 g/mol. The van der Waals surface area contributed by atoms with Crippen LogP contribution in [0.15, 0.2) is 0 Å². The Morgan fingerprint density at radius 2 is 0.950 bits per heavy atom. The molecule has 0 aliphatic carbocycles. The lowest BCUT2D eigenvalue weighted by atomic mass is 9.93. The molecule has 8 heteroatoms. The maximum atomic E-state index is 12.3. The van der Waals surface area contributed by atoms with Gasteiger partial charge in [0.2, 0.25) is 0 Å². The zero-order valence-electron chi connectivity index (χ0n) is 40.6. The van der Waals surface area contributed by atoms with E-state index in [2.05, 4.69) is 44.5 Å². The number of hydrogen-bond acceptors (Lipinski definition) is 8. The van der Waals surface area contributed by atoms with Gasteiger partial charge in [0.05, 0.1) is 25.9 Å². The van der Waals surface area contributed by atoms with Gasteiger partial charge in [-0.25, -0.2) is 0 Å². The highest BCUT2D eigenvalue weighted by atomic mass is 16.7. The van der Waals surface area contributed by atoms with Crippen molar-refractivity contribution in [2.24, 2.45) is 11.8 Å². The van der Waals surface area contributed by atoms with Crippen LogP contribution in [0, 0.1) is 11.8 Å². The average Bonchev–Trinajstić information content (AvgIpc) is 3.66.